The first-order chi connectivity index (χ1) is 9.70. The van der Waals surface area contributed by atoms with Gasteiger partial charge in [-0.05, 0) is 18.5 Å². The summed E-state index contributed by atoms with van der Waals surface area (Å²) in [5.74, 6) is 1.91. The van der Waals surface area contributed by atoms with Crippen molar-refractivity contribution < 1.29 is 14.1 Å². The van der Waals surface area contributed by atoms with Crippen LogP contribution in [-0.4, -0.2) is 33.3 Å². The minimum absolute atomic E-state index is 0.0563. The van der Waals surface area contributed by atoms with Crippen LogP contribution in [0.25, 0.3) is 0 Å². The molecule has 20 heavy (non-hydrogen) atoms. The molecule has 7 nitrogen and oxygen atoms in total. The Morgan fingerprint density at radius 3 is 3.35 bits per heavy atom. The van der Waals surface area contributed by atoms with Crippen molar-refractivity contribution in [2.75, 3.05) is 6.61 Å². The highest BCUT2D eigenvalue weighted by molar-refractivity contribution is 5.77. The lowest BCUT2D eigenvalue weighted by atomic mass is 10.1. The molecule has 0 saturated heterocycles. The first kappa shape index (κ1) is 12.7. The van der Waals surface area contributed by atoms with Gasteiger partial charge < -0.3 is 19.1 Å². The molecule has 0 aromatic carbocycles. The van der Waals surface area contributed by atoms with Crippen molar-refractivity contribution in [1.29, 1.82) is 0 Å². The molecule has 1 atom stereocenters. The van der Waals surface area contributed by atoms with E-state index < -0.39 is 0 Å². The fraction of sp³-hybridized carbons (Fsp3) is 0.462. The zero-order valence-electron chi connectivity index (χ0n) is 11.2. The van der Waals surface area contributed by atoms with Crippen molar-refractivity contribution in [1.82, 2.24) is 20.0 Å². The molecule has 106 valence electrons. The number of imidazole rings is 1. The largest absolute Gasteiger partial charge is 0.465 e. The van der Waals surface area contributed by atoms with E-state index >= 15 is 0 Å². The first-order valence-corrected chi connectivity index (χ1v) is 6.56. The van der Waals surface area contributed by atoms with Gasteiger partial charge in [-0.25, -0.2) is 4.98 Å². The van der Waals surface area contributed by atoms with Gasteiger partial charge in [-0.1, -0.05) is 0 Å². The van der Waals surface area contributed by atoms with E-state index in [4.69, 9.17) is 9.26 Å². The van der Waals surface area contributed by atoms with Crippen molar-refractivity contribution in [3.63, 3.8) is 0 Å². The molecule has 3 heterocycles. The topological polar surface area (TPSA) is 82.2 Å². The molecule has 1 aliphatic rings. The maximum atomic E-state index is 11.8. The number of carbonyl (C=O) groups excluding carboxylic acids is 1. The molecular formula is C13H16N4O3. The summed E-state index contributed by atoms with van der Waals surface area (Å²) < 4.78 is 12.2. The second-order valence-corrected chi connectivity index (χ2v) is 4.86. The summed E-state index contributed by atoms with van der Waals surface area (Å²) in [6.45, 7) is 2.47. The fourth-order valence-electron chi connectivity index (χ4n) is 2.30. The van der Waals surface area contributed by atoms with Gasteiger partial charge in [0.05, 0.1) is 0 Å². The Morgan fingerprint density at radius 2 is 2.55 bits per heavy atom. The fourth-order valence-corrected chi connectivity index (χ4v) is 2.30. The number of nitrogens with zero attached hydrogens (tertiary/aromatic N) is 3. The van der Waals surface area contributed by atoms with Gasteiger partial charge in [-0.3, -0.25) is 4.79 Å². The first-order valence-electron chi connectivity index (χ1n) is 6.56. The van der Waals surface area contributed by atoms with Crippen LogP contribution in [-0.2, 0) is 17.8 Å². The average molecular weight is 276 g/mol. The van der Waals surface area contributed by atoms with E-state index in [0.29, 0.717) is 11.6 Å². The maximum Gasteiger partial charge on any atom is 0.258 e. The minimum Gasteiger partial charge on any atom is -0.465 e. The van der Waals surface area contributed by atoms with Crippen LogP contribution in [0.3, 0.4) is 0 Å². The van der Waals surface area contributed by atoms with Crippen LogP contribution >= 0.6 is 0 Å². The molecule has 1 N–H and O–H groups in total. The molecule has 0 radical (unpaired) electrons. The predicted octanol–water partition coefficient (Wildman–Crippen LogP) is 0.690. The van der Waals surface area contributed by atoms with Gasteiger partial charge in [0.1, 0.15) is 11.6 Å². The number of nitrogens with one attached hydrogen (secondary N) is 1. The van der Waals surface area contributed by atoms with E-state index in [9.17, 15) is 4.79 Å². The van der Waals surface area contributed by atoms with E-state index in [1.54, 1.807) is 19.2 Å². The van der Waals surface area contributed by atoms with E-state index in [1.807, 2.05) is 6.20 Å². The Hall–Kier alpha value is -2.31. The van der Waals surface area contributed by atoms with Crippen LogP contribution in [0.4, 0.5) is 0 Å². The summed E-state index contributed by atoms with van der Waals surface area (Å²) in [5.41, 5.74) is 0. The van der Waals surface area contributed by atoms with E-state index in [1.165, 1.54) is 0 Å². The van der Waals surface area contributed by atoms with Gasteiger partial charge in [0, 0.05) is 37.5 Å². The minimum atomic E-state index is -0.154. The lowest BCUT2D eigenvalue weighted by molar-refractivity contribution is -0.124. The van der Waals surface area contributed by atoms with Crippen LogP contribution in [0, 0.1) is 6.92 Å². The number of hydrogen-bond donors (Lipinski definition) is 1. The standard InChI is InChI=1S/C13H16N4O3/c1-9-6-13(16-20-9)19-8-12(18)15-10-2-3-11-14-4-5-17(11)7-10/h4-6,10H,2-3,7-8H2,1H3,(H,15,18)/t10-/m1/s1. The Labute approximate surface area is 115 Å². The molecule has 0 spiro atoms. The molecule has 1 aliphatic heterocycles. The van der Waals surface area contributed by atoms with Gasteiger partial charge in [0.15, 0.2) is 6.61 Å². The highest BCUT2D eigenvalue weighted by atomic mass is 16.5. The lowest BCUT2D eigenvalue weighted by Gasteiger charge is -2.24. The summed E-state index contributed by atoms with van der Waals surface area (Å²) in [6.07, 6.45) is 5.49. The zero-order chi connectivity index (χ0) is 13.9. The number of aromatic nitrogens is 3. The second-order valence-electron chi connectivity index (χ2n) is 4.86. The molecule has 0 fully saturated rings. The molecule has 2 aromatic heterocycles. The zero-order valence-corrected chi connectivity index (χ0v) is 11.2. The van der Waals surface area contributed by atoms with Crippen molar-refractivity contribution in [2.24, 2.45) is 0 Å². The number of fused-ring (bicyclic) bond motifs is 1. The average Bonchev–Trinajstić information content (AvgIpc) is 3.04. The highest BCUT2D eigenvalue weighted by Crippen LogP contribution is 2.13. The third-order valence-electron chi connectivity index (χ3n) is 3.26. The molecule has 3 rings (SSSR count). The van der Waals surface area contributed by atoms with Crippen molar-refractivity contribution in [2.45, 2.75) is 32.4 Å². The van der Waals surface area contributed by atoms with E-state index in [2.05, 4.69) is 20.0 Å². The molecule has 0 bridgehead atoms. The lowest BCUT2D eigenvalue weighted by Crippen LogP contribution is -2.42. The van der Waals surface area contributed by atoms with Gasteiger partial charge in [0.25, 0.3) is 11.8 Å². The van der Waals surface area contributed by atoms with Crippen LogP contribution in [0.15, 0.2) is 23.0 Å². The number of amides is 1. The Bertz CT molecular complexity index is 604. The second kappa shape index (κ2) is 5.36. The Kier molecular flexibility index (Phi) is 3.41. The molecule has 0 saturated carbocycles. The third-order valence-corrected chi connectivity index (χ3v) is 3.26. The van der Waals surface area contributed by atoms with Crippen molar-refractivity contribution >= 4 is 5.91 Å². The number of ether oxygens (including phenoxy) is 1. The monoisotopic (exact) mass is 276 g/mol. The third kappa shape index (κ3) is 2.81. The van der Waals surface area contributed by atoms with Gasteiger partial charge in [-0.2, -0.15) is 0 Å². The van der Waals surface area contributed by atoms with Gasteiger partial charge >= 0.3 is 0 Å². The summed E-state index contributed by atoms with van der Waals surface area (Å²) in [5, 5.41) is 6.62. The Morgan fingerprint density at radius 1 is 1.65 bits per heavy atom. The number of aryl methyl sites for hydroxylation is 2. The van der Waals surface area contributed by atoms with E-state index in [0.717, 1.165) is 25.2 Å². The van der Waals surface area contributed by atoms with Gasteiger partial charge in [-0.15, -0.1) is 0 Å². The van der Waals surface area contributed by atoms with Crippen LogP contribution in [0.5, 0.6) is 5.88 Å². The Balaban J connectivity index is 1.47. The molecule has 7 heteroatoms. The normalized spacial score (nSPS) is 17.6. The van der Waals surface area contributed by atoms with Gasteiger partial charge in [0.2, 0.25) is 0 Å². The quantitative estimate of drug-likeness (QED) is 0.888. The number of hydrogen-bond acceptors (Lipinski definition) is 5. The van der Waals surface area contributed by atoms with Crippen LogP contribution < -0.4 is 10.1 Å². The molecule has 1 amide bonds. The molecule has 0 unspecified atom stereocenters. The number of rotatable bonds is 4. The predicted molar refractivity (Wildman–Crippen MR) is 69.2 cm³/mol. The summed E-state index contributed by atoms with van der Waals surface area (Å²) >= 11 is 0. The molecule has 0 aliphatic carbocycles. The molecule has 2 aromatic rings. The van der Waals surface area contributed by atoms with Crippen molar-refractivity contribution in [3.05, 3.63) is 30.0 Å². The van der Waals surface area contributed by atoms with E-state index in [-0.39, 0.29) is 18.6 Å². The molecular weight excluding hydrogens is 260 g/mol. The van der Waals surface area contributed by atoms with Crippen LogP contribution in [0.2, 0.25) is 0 Å². The summed E-state index contributed by atoms with van der Waals surface area (Å²) in [7, 11) is 0. The summed E-state index contributed by atoms with van der Waals surface area (Å²) in [4.78, 5) is 16.1. The van der Waals surface area contributed by atoms with Crippen molar-refractivity contribution in [3.8, 4) is 5.88 Å². The smallest absolute Gasteiger partial charge is 0.258 e. The highest BCUT2D eigenvalue weighted by Gasteiger charge is 2.20. The maximum absolute atomic E-state index is 11.8. The van der Waals surface area contributed by atoms with Crippen LogP contribution in [0.1, 0.15) is 18.0 Å². The SMILES string of the molecule is Cc1cc(OCC(=O)N[C@@H]2CCc3nccn3C2)no1. The number of carbonyl (C=O) groups is 1. The summed E-state index contributed by atoms with van der Waals surface area (Å²) in [6, 6.07) is 1.76.